The molecular formula is C22H19N3O3. The van der Waals surface area contributed by atoms with Crippen molar-refractivity contribution in [3.8, 4) is 23.0 Å². The van der Waals surface area contributed by atoms with E-state index in [0.717, 1.165) is 28.2 Å². The SMILES string of the molecule is Cc1cc(C(N)=O)ccc1-n1c(CCC(=O)O)ccc1-c1ccc(C#N)cc1. The number of rotatable bonds is 6. The van der Waals surface area contributed by atoms with Gasteiger partial charge in [-0.3, -0.25) is 9.59 Å². The number of amides is 1. The lowest BCUT2D eigenvalue weighted by molar-refractivity contribution is -0.136. The Balaban J connectivity index is 2.15. The highest BCUT2D eigenvalue weighted by molar-refractivity contribution is 5.93. The Bertz CT molecular complexity index is 1090. The molecule has 2 aromatic carbocycles. The van der Waals surface area contributed by atoms with Crippen LogP contribution in [0.4, 0.5) is 0 Å². The number of carbonyl (C=O) groups excluding carboxylic acids is 1. The second-order valence-corrected chi connectivity index (χ2v) is 6.49. The fourth-order valence-corrected chi connectivity index (χ4v) is 3.19. The molecule has 0 radical (unpaired) electrons. The topological polar surface area (TPSA) is 109 Å². The molecule has 0 aliphatic carbocycles. The van der Waals surface area contributed by atoms with Crippen molar-refractivity contribution in [1.82, 2.24) is 4.57 Å². The molecule has 0 spiro atoms. The van der Waals surface area contributed by atoms with Gasteiger partial charge in [0, 0.05) is 16.9 Å². The maximum absolute atomic E-state index is 11.5. The summed E-state index contributed by atoms with van der Waals surface area (Å²) in [6, 6.07) is 18.3. The number of primary amides is 1. The zero-order chi connectivity index (χ0) is 20.3. The van der Waals surface area contributed by atoms with E-state index in [-0.39, 0.29) is 6.42 Å². The van der Waals surface area contributed by atoms with Crippen LogP contribution in [0.15, 0.2) is 54.6 Å². The first-order valence-electron chi connectivity index (χ1n) is 8.74. The summed E-state index contributed by atoms with van der Waals surface area (Å²) < 4.78 is 1.99. The fourth-order valence-electron chi connectivity index (χ4n) is 3.19. The van der Waals surface area contributed by atoms with Crippen molar-refractivity contribution >= 4 is 11.9 Å². The average Bonchev–Trinajstić information content (AvgIpc) is 3.10. The predicted molar refractivity (Wildman–Crippen MR) is 105 cm³/mol. The fraction of sp³-hybridized carbons (Fsp3) is 0.136. The van der Waals surface area contributed by atoms with E-state index >= 15 is 0 Å². The van der Waals surface area contributed by atoms with Crippen LogP contribution >= 0.6 is 0 Å². The van der Waals surface area contributed by atoms with Crippen LogP contribution in [0.2, 0.25) is 0 Å². The third-order valence-corrected chi connectivity index (χ3v) is 4.59. The van der Waals surface area contributed by atoms with E-state index in [1.54, 1.807) is 24.3 Å². The third-order valence-electron chi connectivity index (χ3n) is 4.59. The number of benzene rings is 2. The van der Waals surface area contributed by atoms with Crippen LogP contribution in [0.25, 0.3) is 16.9 Å². The molecule has 0 saturated carbocycles. The van der Waals surface area contributed by atoms with E-state index in [1.807, 2.05) is 41.8 Å². The van der Waals surface area contributed by atoms with Crippen molar-refractivity contribution in [2.75, 3.05) is 0 Å². The first kappa shape index (κ1) is 18.9. The zero-order valence-electron chi connectivity index (χ0n) is 15.3. The highest BCUT2D eigenvalue weighted by Gasteiger charge is 2.15. The van der Waals surface area contributed by atoms with E-state index in [9.17, 15) is 9.59 Å². The molecule has 0 aliphatic heterocycles. The van der Waals surface area contributed by atoms with E-state index in [0.29, 0.717) is 17.5 Å². The lowest BCUT2D eigenvalue weighted by atomic mass is 10.1. The minimum atomic E-state index is -0.867. The quantitative estimate of drug-likeness (QED) is 0.690. The lowest BCUT2D eigenvalue weighted by Gasteiger charge is -2.17. The number of carboxylic acid groups (broad SMARTS) is 1. The van der Waals surface area contributed by atoms with Gasteiger partial charge < -0.3 is 15.4 Å². The molecule has 0 fully saturated rings. The van der Waals surface area contributed by atoms with Crippen molar-refractivity contribution < 1.29 is 14.7 Å². The van der Waals surface area contributed by atoms with Gasteiger partial charge in [-0.25, -0.2) is 0 Å². The first-order valence-corrected chi connectivity index (χ1v) is 8.74. The standard InChI is InChI=1S/C22H19N3O3/c1-14-12-17(22(24)28)6-9-19(14)25-18(8-11-21(26)27)7-10-20(25)16-4-2-15(13-23)3-5-16/h2-7,9-10,12H,8,11H2,1H3,(H2,24,28)(H,26,27). The lowest BCUT2D eigenvalue weighted by Crippen LogP contribution is -2.12. The van der Waals surface area contributed by atoms with Crippen molar-refractivity contribution in [2.45, 2.75) is 19.8 Å². The molecule has 0 unspecified atom stereocenters. The third kappa shape index (κ3) is 3.79. The number of nitrogens with two attached hydrogens (primary N) is 1. The monoisotopic (exact) mass is 373 g/mol. The minimum Gasteiger partial charge on any atom is -0.481 e. The molecule has 0 bridgehead atoms. The number of nitrogens with zero attached hydrogens (tertiary/aromatic N) is 2. The highest BCUT2D eigenvalue weighted by atomic mass is 16.4. The summed E-state index contributed by atoms with van der Waals surface area (Å²) in [5.74, 6) is -1.37. The van der Waals surface area contributed by atoms with Crippen LogP contribution in [0.5, 0.6) is 0 Å². The second-order valence-electron chi connectivity index (χ2n) is 6.49. The predicted octanol–water partition coefficient (Wildman–Crippen LogP) is 3.44. The van der Waals surface area contributed by atoms with Crippen LogP contribution in [-0.2, 0) is 11.2 Å². The summed E-state index contributed by atoms with van der Waals surface area (Å²) in [6.07, 6.45) is 0.373. The molecular weight excluding hydrogens is 354 g/mol. The van der Waals surface area contributed by atoms with Crippen molar-refractivity contribution in [3.05, 3.63) is 77.0 Å². The van der Waals surface area contributed by atoms with E-state index in [2.05, 4.69) is 6.07 Å². The van der Waals surface area contributed by atoms with Crippen LogP contribution in [0, 0.1) is 18.3 Å². The highest BCUT2D eigenvalue weighted by Crippen LogP contribution is 2.29. The number of hydrogen-bond acceptors (Lipinski definition) is 3. The van der Waals surface area contributed by atoms with Crippen molar-refractivity contribution in [3.63, 3.8) is 0 Å². The summed E-state index contributed by atoms with van der Waals surface area (Å²) in [7, 11) is 0. The Morgan fingerprint density at radius 2 is 1.82 bits per heavy atom. The second kappa shape index (κ2) is 7.80. The van der Waals surface area contributed by atoms with Gasteiger partial charge in [0.2, 0.25) is 5.91 Å². The molecule has 6 heteroatoms. The first-order chi connectivity index (χ1) is 13.4. The van der Waals surface area contributed by atoms with Crippen molar-refractivity contribution in [1.29, 1.82) is 5.26 Å². The summed E-state index contributed by atoms with van der Waals surface area (Å²) in [5.41, 5.74) is 10.7. The molecule has 0 atom stereocenters. The number of nitriles is 1. The molecule has 0 saturated heterocycles. The molecule has 1 amide bonds. The number of aromatic nitrogens is 1. The number of hydrogen-bond donors (Lipinski definition) is 2. The van der Waals surface area contributed by atoms with Gasteiger partial charge in [-0.1, -0.05) is 12.1 Å². The van der Waals surface area contributed by atoms with Gasteiger partial charge in [0.05, 0.1) is 23.7 Å². The molecule has 6 nitrogen and oxygen atoms in total. The van der Waals surface area contributed by atoms with Gasteiger partial charge in [0.1, 0.15) is 0 Å². The minimum absolute atomic E-state index is 0.00917. The number of aryl methyl sites for hydroxylation is 2. The van der Waals surface area contributed by atoms with Crippen LogP contribution in [-0.4, -0.2) is 21.6 Å². The molecule has 28 heavy (non-hydrogen) atoms. The van der Waals surface area contributed by atoms with Gasteiger partial charge in [-0.05, 0) is 66.9 Å². The van der Waals surface area contributed by atoms with E-state index in [1.165, 1.54) is 0 Å². The number of carbonyl (C=O) groups is 2. The normalized spacial score (nSPS) is 10.4. The molecule has 1 heterocycles. The molecule has 140 valence electrons. The van der Waals surface area contributed by atoms with Crippen molar-refractivity contribution in [2.24, 2.45) is 5.73 Å². The smallest absolute Gasteiger partial charge is 0.303 e. The zero-order valence-corrected chi connectivity index (χ0v) is 15.3. The number of aliphatic carboxylic acids is 1. The Kier molecular flexibility index (Phi) is 5.28. The summed E-state index contributed by atoms with van der Waals surface area (Å²) >= 11 is 0. The van der Waals surface area contributed by atoms with Crippen LogP contribution in [0.1, 0.15) is 33.6 Å². The largest absolute Gasteiger partial charge is 0.481 e. The van der Waals surface area contributed by atoms with Gasteiger partial charge >= 0.3 is 5.97 Å². The van der Waals surface area contributed by atoms with Crippen LogP contribution in [0.3, 0.4) is 0 Å². The Morgan fingerprint density at radius 1 is 1.11 bits per heavy atom. The summed E-state index contributed by atoms with van der Waals surface area (Å²) in [4.78, 5) is 22.5. The maximum Gasteiger partial charge on any atom is 0.303 e. The molecule has 3 rings (SSSR count). The van der Waals surface area contributed by atoms with Gasteiger partial charge in [0.15, 0.2) is 0 Å². The Hall–Kier alpha value is -3.85. The number of carboxylic acids is 1. The van der Waals surface area contributed by atoms with Gasteiger partial charge in [0.25, 0.3) is 0 Å². The Labute approximate surface area is 162 Å². The van der Waals surface area contributed by atoms with Crippen LogP contribution < -0.4 is 5.73 Å². The molecule has 3 N–H and O–H groups in total. The van der Waals surface area contributed by atoms with Gasteiger partial charge in [-0.2, -0.15) is 5.26 Å². The van der Waals surface area contributed by atoms with Gasteiger partial charge in [-0.15, -0.1) is 0 Å². The summed E-state index contributed by atoms with van der Waals surface area (Å²) in [6.45, 7) is 1.88. The molecule has 1 aromatic heterocycles. The van der Waals surface area contributed by atoms with E-state index in [4.69, 9.17) is 16.1 Å². The average molecular weight is 373 g/mol. The molecule has 3 aromatic rings. The summed E-state index contributed by atoms with van der Waals surface area (Å²) in [5, 5.41) is 18.1. The Morgan fingerprint density at radius 3 is 2.39 bits per heavy atom. The maximum atomic E-state index is 11.5. The molecule has 0 aliphatic rings. The van der Waals surface area contributed by atoms with E-state index < -0.39 is 11.9 Å².